The zero-order chi connectivity index (χ0) is 11.7. The van der Waals surface area contributed by atoms with Crippen LogP contribution in [0.4, 0.5) is 0 Å². The van der Waals surface area contributed by atoms with Gasteiger partial charge in [-0.1, -0.05) is 38.0 Å². The number of aromatic nitrogens is 1. The maximum Gasteiger partial charge on any atom is 0.0476 e. The molecule has 1 atom stereocenters. The van der Waals surface area contributed by atoms with E-state index in [1.807, 2.05) is 0 Å². The monoisotopic (exact) mass is 228 g/mol. The number of para-hydroxylation sites is 1. The summed E-state index contributed by atoms with van der Waals surface area (Å²) in [6, 6.07) is 9.21. The lowest BCUT2D eigenvalue weighted by molar-refractivity contribution is 0.454. The van der Waals surface area contributed by atoms with Crippen LogP contribution in [0.15, 0.2) is 24.3 Å². The van der Waals surface area contributed by atoms with Gasteiger partial charge in [-0.2, -0.15) is 0 Å². The molecule has 0 aliphatic carbocycles. The second kappa shape index (κ2) is 4.53. The lowest BCUT2D eigenvalue weighted by Crippen LogP contribution is -2.29. The summed E-state index contributed by atoms with van der Waals surface area (Å²) in [4.78, 5) is 3.61. The van der Waals surface area contributed by atoms with E-state index in [9.17, 15) is 0 Å². The predicted octanol–water partition coefficient (Wildman–Crippen LogP) is 3.54. The van der Waals surface area contributed by atoms with Crippen molar-refractivity contribution in [3.63, 3.8) is 0 Å². The molecule has 0 spiro atoms. The second-order valence-corrected chi connectivity index (χ2v) is 4.96. The van der Waals surface area contributed by atoms with E-state index in [2.05, 4.69) is 41.5 Å². The van der Waals surface area contributed by atoms with Crippen LogP contribution in [0, 0.1) is 0 Å². The maximum atomic E-state index is 3.64. The number of benzene rings is 1. The largest absolute Gasteiger partial charge is 0.357 e. The smallest absolute Gasteiger partial charge is 0.0476 e. The van der Waals surface area contributed by atoms with Gasteiger partial charge in [-0.05, 0) is 31.0 Å². The van der Waals surface area contributed by atoms with Gasteiger partial charge in [0.25, 0.3) is 0 Å². The summed E-state index contributed by atoms with van der Waals surface area (Å²) in [6.07, 6.45) is 4.97. The number of hydrogen-bond donors (Lipinski definition) is 2. The molecule has 0 saturated heterocycles. The van der Waals surface area contributed by atoms with Gasteiger partial charge in [-0.3, -0.25) is 0 Å². The molecule has 0 fully saturated rings. The van der Waals surface area contributed by atoms with Gasteiger partial charge >= 0.3 is 0 Å². The second-order valence-electron chi connectivity index (χ2n) is 4.96. The number of H-pyrrole nitrogens is 1. The minimum atomic E-state index is 0.533. The standard InChI is InChI=1S/C15H20N2/c1-2-3-7-14-15-12(9-10-16-14)11-6-4-5-8-13(11)17-15/h4-6,8,14,16-17H,2-3,7,9-10H2,1H3. The number of rotatable bonds is 3. The molecule has 1 unspecified atom stereocenters. The quantitative estimate of drug-likeness (QED) is 0.826. The summed E-state index contributed by atoms with van der Waals surface area (Å²) >= 11 is 0. The van der Waals surface area contributed by atoms with Gasteiger partial charge in [0.2, 0.25) is 0 Å². The zero-order valence-corrected chi connectivity index (χ0v) is 10.4. The summed E-state index contributed by atoms with van der Waals surface area (Å²) in [6.45, 7) is 3.37. The van der Waals surface area contributed by atoms with Gasteiger partial charge < -0.3 is 10.3 Å². The van der Waals surface area contributed by atoms with Gasteiger partial charge in [0.05, 0.1) is 0 Å². The Hall–Kier alpha value is -1.28. The Morgan fingerprint density at radius 3 is 3.06 bits per heavy atom. The summed E-state index contributed by atoms with van der Waals surface area (Å²) < 4.78 is 0. The van der Waals surface area contributed by atoms with Crippen molar-refractivity contribution in [3.05, 3.63) is 35.5 Å². The van der Waals surface area contributed by atoms with E-state index in [-0.39, 0.29) is 0 Å². The van der Waals surface area contributed by atoms with E-state index in [0.717, 1.165) is 13.0 Å². The van der Waals surface area contributed by atoms with Crippen molar-refractivity contribution in [1.82, 2.24) is 10.3 Å². The molecule has 1 aromatic carbocycles. The molecule has 0 amide bonds. The highest BCUT2D eigenvalue weighted by molar-refractivity contribution is 5.85. The molecule has 90 valence electrons. The molecule has 2 heterocycles. The van der Waals surface area contributed by atoms with Gasteiger partial charge in [0.15, 0.2) is 0 Å². The molecule has 1 aliphatic heterocycles. The first kappa shape index (κ1) is 10.8. The Labute approximate surface area is 102 Å². The maximum absolute atomic E-state index is 3.64. The van der Waals surface area contributed by atoms with E-state index >= 15 is 0 Å². The fourth-order valence-corrected chi connectivity index (χ4v) is 2.92. The third-order valence-corrected chi connectivity index (χ3v) is 3.81. The minimum absolute atomic E-state index is 0.533. The summed E-state index contributed by atoms with van der Waals surface area (Å²) in [5, 5.41) is 5.06. The molecular weight excluding hydrogens is 208 g/mol. The van der Waals surface area contributed by atoms with Crippen LogP contribution in [0.25, 0.3) is 10.9 Å². The molecule has 3 rings (SSSR count). The van der Waals surface area contributed by atoms with Crippen LogP contribution in [0.5, 0.6) is 0 Å². The molecule has 17 heavy (non-hydrogen) atoms. The first-order valence-corrected chi connectivity index (χ1v) is 6.73. The first-order valence-electron chi connectivity index (χ1n) is 6.73. The highest BCUT2D eigenvalue weighted by Crippen LogP contribution is 2.31. The number of hydrogen-bond acceptors (Lipinski definition) is 1. The van der Waals surface area contributed by atoms with Crippen molar-refractivity contribution in [2.75, 3.05) is 6.54 Å². The minimum Gasteiger partial charge on any atom is -0.357 e. The van der Waals surface area contributed by atoms with Crippen molar-refractivity contribution in [2.24, 2.45) is 0 Å². The summed E-state index contributed by atoms with van der Waals surface area (Å²) in [5.74, 6) is 0. The molecule has 2 aromatic rings. The first-order chi connectivity index (χ1) is 8.40. The fraction of sp³-hybridized carbons (Fsp3) is 0.467. The Bertz CT molecular complexity index is 513. The van der Waals surface area contributed by atoms with E-state index < -0.39 is 0 Å². The Kier molecular flexibility index (Phi) is 2.89. The molecule has 2 heteroatoms. The number of aromatic amines is 1. The van der Waals surface area contributed by atoms with Crippen molar-refractivity contribution >= 4 is 10.9 Å². The molecule has 1 aromatic heterocycles. The average molecular weight is 228 g/mol. The van der Waals surface area contributed by atoms with Crippen LogP contribution >= 0.6 is 0 Å². The molecule has 2 N–H and O–H groups in total. The fourth-order valence-electron chi connectivity index (χ4n) is 2.92. The van der Waals surface area contributed by atoms with Crippen molar-refractivity contribution in [3.8, 4) is 0 Å². The van der Waals surface area contributed by atoms with Gasteiger partial charge in [-0.25, -0.2) is 0 Å². The van der Waals surface area contributed by atoms with Crippen LogP contribution in [-0.2, 0) is 6.42 Å². The third kappa shape index (κ3) is 1.87. The van der Waals surface area contributed by atoms with Crippen LogP contribution in [0.1, 0.15) is 43.5 Å². The molecule has 0 bridgehead atoms. The van der Waals surface area contributed by atoms with Gasteiger partial charge in [0, 0.05) is 22.6 Å². The van der Waals surface area contributed by atoms with Crippen LogP contribution in [0.3, 0.4) is 0 Å². The number of nitrogens with one attached hydrogen (secondary N) is 2. The number of unbranched alkanes of at least 4 members (excludes halogenated alkanes) is 1. The highest BCUT2D eigenvalue weighted by Gasteiger charge is 2.22. The number of fused-ring (bicyclic) bond motifs is 3. The van der Waals surface area contributed by atoms with Crippen LogP contribution in [-0.4, -0.2) is 11.5 Å². The predicted molar refractivity (Wildman–Crippen MR) is 72.3 cm³/mol. The van der Waals surface area contributed by atoms with Crippen LogP contribution < -0.4 is 5.32 Å². The Morgan fingerprint density at radius 2 is 2.18 bits per heavy atom. The lowest BCUT2D eigenvalue weighted by Gasteiger charge is -2.24. The Balaban J connectivity index is 2.02. The van der Waals surface area contributed by atoms with Gasteiger partial charge in [-0.15, -0.1) is 0 Å². The normalized spacial score (nSPS) is 19.5. The van der Waals surface area contributed by atoms with E-state index in [4.69, 9.17) is 0 Å². The van der Waals surface area contributed by atoms with Crippen molar-refractivity contribution in [2.45, 2.75) is 38.6 Å². The van der Waals surface area contributed by atoms with E-state index in [1.165, 1.54) is 35.9 Å². The lowest BCUT2D eigenvalue weighted by atomic mass is 9.96. The molecule has 0 saturated carbocycles. The third-order valence-electron chi connectivity index (χ3n) is 3.81. The van der Waals surface area contributed by atoms with Crippen molar-refractivity contribution < 1.29 is 0 Å². The topological polar surface area (TPSA) is 27.8 Å². The van der Waals surface area contributed by atoms with Crippen molar-refractivity contribution in [1.29, 1.82) is 0 Å². The summed E-state index contributed by atoms with van der Waals surface area (Å²) in [5.41, 5.74) is 4.27. The highest BCUT2D eigenvalue weighted by atomic mass is 15.0. The average Bonchev–Trinajstić information content (AvgIpc) is 2.75. The van der Waals surface area contributed by atoms with Gasteiger partial charge in [0.1, 0.15) is 0 Å². The molecule has 0 radical (unpaired) electrons. The Morgan fingerprint density at radius 1 is 1.29 bits per heavy atom. The summed E-state index contributed by atoms with van der Waals surface area (Å²) in [7, 11) is 0. The molecular formula is C15H20N2. The zero-order valence-electron chi connectivity index (χ0n) is 10.4. The SMILES string of the molecule is CCCCC1NCCc2c1[nH]c1ccccc21. The molecule has 2 nitrogen and oxygen atoms in total. The van der Waals surface area contributed by atoms with E-state index in [0.29, 0.717) is 6.04 Å². The van der Waals surface area contributed by atoms with Crippen LogP contribution in [0.2, 0.25) is 0 Å². The van der Waals surface area contributed by atoms with E-state index in [1.54, 1.807) is 5.56 Å². The molecule has 1 aliphatic rings.